The summed E-state index contributed by atoms with van der Waals surface area (Å²) in [5, 5.41) is 2.69. The first kappa shape index (κ1) is 33.5. The normalized spacial score (nSPS) is 18.6. The molecule has 1 N–H and O–H groups in total. The molecule has 9 nitrogen and oxygen atoms in total. The number of piperazine rings is 3. The highest BCUT2D eigenvalue weighted by Gasteiger charge is 2.37. The highest BCUT2D eigenvalue weighted by molar-refractivity contribution is 6.05. The maximum atomic E-state index is 13.8. The lowest BCUT2D eigenvalue weighted by Crippen LogP contribution is -2.67. The number of benzene rings is 2. The predicted molar refractivity (Wildman–Crippen MR) is 185 cm³/mol. The SMILES string of the molecule is Cc1ccc(-n2cc(C(=O)Nc3cc(F)cc(F)c3)c(=O)c3ccc(N(C)C)nc32)cc1OCCCCCCC[N+]12CCN(CC1)CC2. The molecule has 11 heteroatoms. The van der Waals surface area contributed by atoms with E-state index in [4.69, 9.17) is 9.72 Å². The number of hydrogen-bond acceptors (Lipinski definition) is 6. The number of halogens is 2. The number of carbonyl (C=O) groups is 1. The van der Waals surface area contributed by atoms with Crippen LogP contribution < -0.4 is 20.4 Å². The third kappa shape index (κ3) is 7.52. The second-order valence-corrected chi connectivity index (χ2v) is 13.4. The third-order valence-corrected chi connectivity index (χ3v) is 9.82. The summed E-state index contributed by atoms with van der Waals surface area (Å²) in [6, 6.07) is 11.8. The molecule has 254 valence electrons. The van der Waals surface area contributed by atoms with Crippen molar-refractivity contribution < 1.29 is 22.8 Å². The lowest BCUT2D eigenvalue weighted by atomic mass is 10.1. The molecule has 5 heterocycles. The topological polar surface area (TPSA) is 79.7 Å². The Morgan fingerprint density at radius 1 is 0.938 bits per heavy atom. The molecule has 0 saturated carbocycles. The van der Waals surface area contributed by atoms with Crippen molar-refractivity contribution in [2.75, 3.05) is 76.7 Å². The number of aromatic nitrogens is 2. The second-order valence-electron chi connectivity index (χ2n) is 13.4. The lowest BCUT2D eigenvalue weighted by Gasteiger charge is -2.50. The molecule has 7 rings (SSSR count). The molecule has 4 aromatic rings. The number of rotatable bonds is 13. The number of unbranched alkanes of at least 4 members (excludes halogenated alkanes) is 4. The maximum absolute atomic E-state index is 13.8. The van der Waals surface area contributed by atoms with Crippen molar-refractivity contribution >= 4 is 28.4 Å². The molecule has 3 saturated heterocycles. The molecule has 0 radical (unpaired) electrons. The van der Waals surface area contributed by atoms with Crippen LogP contribution in [0.4, 0.5) is 20.3 Å². The van der Waals surface area contributed by atoms with E-state index in [1.807, 2.05) is 44.1 Å². The van der Waals surface area contributed by atoms with E-state index in [9.17, 15) is 18.4 Å². The predicted octanol–water partition coefficient (Wildman–Crippen LogP) is 5.77. The van der Waals surface area contributed by atoms with E-state index < -0.39 is 23.0 Å². The molecule has 48 heavy (non-hydrogen) atoms. The Balaban J connectivity index is 1.16. The Kier molecular flexibility index (Phi) is 10.1. The summed E-state index contributed by atoms with van der Waals surface area (Å²) in [5.41, 5.74) is 1.16. The number of nitrogens with zero attached hydrogens (tertiary/aromatic N) is 5. The number of fused-ring (bicyclic) bond motifs is 4. The molecule has 1 amide bonds. The summed E-state index contributed by atoms with van der Waals surface area (Å²) in [5.74, 6) is -1.12. The Morgan fingerprint density at radius 2 is 1.62 bits per heavy atom. The molecule has 0 unspecified atom stereocenters. The van der Waals surface area contributed by atoms with Crippen LogP contribution in [0.3, 0.4) is 0 Å². The zero-order chi connectivity index (χ0) is 33.8. The molecule has 2 bridgehead atoms. The van der Waals surface area contributed by atoms with E-state index in [-0.39, 0.29) is 16.6 Å². The first-order chi connectivity index (χ1) is 23.1. The van der Waals surface area contributed by atoms with Crippen LogP contribution in [0.5, 0.6) is 5.75 Å². The summed E-state index contributed by atoms with van der Waals surface area (Å²) in [6.07, 6.45) is 7.23. The number of amides is 1. The Labute approximate surface area is 280 Å². The minimum absolute atomic E-state index is 0.0935. The van der Waals surface area contributed by atoms with E-state index >= 15 is 0 Å². The van der Waals surface area contributed by atoms with Crippen molar-refractivity contribution in [2.45, 2.75) is 39.0 Å². The number of pyridine rings is 2. The molecule has 3 aliphatic heterocycles. The van der Waals surface area contributed by atoms with E-state index in [2.05, 4.69) is 10.2 Å². The third-order valence-electron chi connectivity index (χ3n) is 9.82. The summed E-state index contributed by atoms with van der Waals surface area (Å²) < 4.78 is 36.9. The van der Waals surface area contributed by atoms with Crippen LogP contribution >= 0.6 is 0 Å². The second kappa shape index (κ2) is 14.4. The minimum Gasteiger partial charge on any atom is -0.493 e. The fourth-order valence-electron chi connectivity index (χ4n) is 6.85. The zero-order valence-electron chi connectivity index (χ0n) is 28.1. The van der Waals surface area contributed by atoms with Crippen molar-refractivity contribution in [1.29, 1.82) is 0 Å². The fourth-order valence-corrected chi connectivity index (χ4v) is 6.85. The van der Waals surface area contributed by atoms with Gasteiger partial charge in [-0.15, -0.1) is 0 Å². The van der Waals surface area contributed by atoms with Crippen LogP contribution in [-0.4, -0.2) is 91.4 Å². The first-order valence-electron chi connectivity index (χ1n) is 16.9. The zero-order valence-corrected chi connectivity index (χ0v) is 28.1. The van der Waals surface area contributed by atoms with Gasteiger partial charge in [-0.1, -0.05) is 18.9 Å². The first-order valence-corrected chi connectivity index (χ1v) is 16.9. The molecule has 2 aromatic heterocycles. The monoisotopic (exact) mass is 659 g/mol. The smallest absolute Gasteiger partial charge is 0.261 e. The van der Waals surface area contributed by atoms with E-state index in [0.717, 1.165) is 30.5 Å². The van der Waals surface area contributed by atoms with Gasteiger partial charge in [-0.2, -0.15) is 0 Å². The van der Waals surface area contributed by atoms with Gasteiger partial charge in [0.2, 0.25) is 5.43 Å². The maximum Gasteiger partial charge on any atom is 0.261 e. The molecule has 2 aromatic carbocycles. The molecule has 0 spiro atoms. The largest absolute Gasteiger partial charge is 0.493 e. The number of nitrogens with one attached hydrogen (secondary N) is 1. The van der Waals surface area contributed by atoms with Crippen molar-refractivity contribution in [1.82, 2.24) is 14.5 Å². The van der Waals surface area contributed by atoms with Crippen LogP contribution in [0.15, 0.2) is 59.5 Å². The molecule has 0 atom stereocenters. The Morgan fingerprint density at radius 3 is 2.33 bits per heavy atom. The average Bonchev–Trinajstić information content (AvgIpc) is 3.07. The van der Waals surface area contributed by atoms with Crippen molar-refractivity contribution in [2.24, 2.45) is 0 Å². The van der Waals surface area contributed by atoms with Crippen LogP contribution in [0.2, 0.25) is 0 Å². The van der Waals surface area contributed by atoms with Gasteiger partial charge in [-0.3, -0.25) is 14.5 Å². The molecular formula is C37H45F2N6O3+. The number of aryl methyl sites for hydroxylation is 1. The van der Waals surface area contributed by atoms with Gasteiger partial charge in [-0.05, 0) is 62.1 Å². The highest BCUT2D eigenvalue weighted by Crippen LogP contribution is 2.26. The van der Waals surface area contributed by atoms with Crippen LogP contribution in [-0.2, 0) is 0 Å². The fraction of sp³-hybridized carbons (Fsp3) is 0.432. The van der Waals surface area contributed by atoms with Gasteiger partial charge in [0, 0.05) is 57.7 Å². The lowest BCUT2D eigenvalue weighted by molar-refractivity contribution is -0.941. The van der Waals surface area contributed by atoms with Crippen molar-refractivity contribution in [3.05, 3.63) is 87.7 Å². The van der Waals surface area contributed by atoms with Gasteiger partial charge in [-0.25, -0.2) is 13.8 Å². The highest BCUT2D eigenvalue weighted by atomic mass is 19.1. The molecular weight excluding hydrogens is 614 g/mol. The Hall–Kier alpha value is -4.35. The Bertz CT molecular complexity index is 1820. The quantitative estimate of drug-likeness (QED) is 0.145. The van der Waals surface area contributed by atoms with Gasteiger partial charge in [0.05, 0.1) is 43.9 Å². The standard InChI is InChI=1S/C37H44F2N6O3/c1-26-9-10-30(24-33(26)48-20-8-6-4-5-7-16-45-17-13-43(14-18-45)15-19-45)44-25-32(37(47)40-29-22-27(38)21-28(39)23-29)35(46)31-11-12-34(42(2)3)41-36(31)44/h9-12,21-25H,4-8,13-20H2,1-3H3/p+1. The number of carbonyl (C=O) groups excluding carboxylic acids is 1. The number of hydrogen-bond donors (Lipinski definition) is 1. The summed E-state index contributed by atoms with van der Waals surface area (Å²) in [7, 11) is 3.71. The van der Waals surface area contributed by atoms with Gasteiger partial charge >= 0.3 is 0 Å². The molecule has 0 aliphatic carbocycles. The van der Waals surface area contributed by atoms with Crippen molar-refractivity contribution in [3.8, 4) is 11.4 Å². The average molecular weight is 660 g/mol. The van der Waals surface area contributed by atoms with Gasteiger partial charge in [0.25, 0.3) is 5.91 Å². The number of quaternary nitrogens is 1. The van der Waals surface area contributed by atoms with Crippen molar-refractivity contribution in [3.63, 3.8) is 0 Å². The summed E-state index contributed by atoms with van der Waals surface area (Å²) in [4.78, 5) is 36.1. The number of ether oxygens (including phenoxy) is 1. The molecule has 3 fully saturated rings. The van der Waals surface area contributed by atoms with E-state index in [1.165, 1.54) is 75.8 Å². The summed E-state index contributed by atoms with van der Waals surface area (Å²) in [6.45, 7) is 11.6. The minimum atomic E-state index is -0.840. The van der Waals surface area contributed by atoms with E-state index in [1.54, 1.807) is 16.7 Å². The van der Waals surface area contributed by atoms with Crippen LogP contribution in [0, 0.1) is 18.6 Å². The van der Waals surface area contributed by atoms with Gasteiger partial charge in [0.1, 0.15) is 28.8 Å². The van der Waals surface area contributed by atoms with E-state index in [0.29, 0.717) is 35.6 Å². The van der Waals surface area contributed by atoms with Crippen LogP contribution in [0.25, 0.3) is 16.7 Å². The molecule has 3 aliphatic rings. The summed E-state index contributed by atoms with van der Waals surface area (Å²) >= 11 is 0. The number of anilines is 2. The van der Waals surface area contributed by atoms with Gasteiger partial charge in [0.15, 0.2) is 5.65 Å². The van der Waals surface area contributed by atoms with Crippen LogP contribution in [0.1, 0.15) is 48.0 Å². The van der Waals surface area contributed by atoms with Gasteiger partial charge < -0.3 is 24.0 Å².